The number of aromatic hydroxyl groups is 1. The van der Waals surface area contributed by atoms with Gasteiger partial charge >= 0.3 is 0 Å². The molecule has 0 amide bonds. The number of phenolic OH excluding ortho intramolecular Hbond substituents is 1. The number of hydrogen-bond acceptors (Lipinski definition) is 5. The zero-order valence-electron chi connectivity index (χ0n) is 14.0. The summed E-state index contributed by atoms with van der Waals surface area (Å²) in [7, 11) is 4.41. The van der Waals surface area contributed by atoms with Crippen molar-refractivity contribution in [3.63, 3.8) is 0 Å². The van der Waals surface area contributed by atoms with E-state index in [0.29, 0.717) is 33.8 Å². The lowest BCUT2D eigenvalue weighted by molar-refractivity contribution is 0.324. The molecule has 1 N–H and O–H groups in total. The Hall–Kier alpha value is -3.15. The Kier molecular flexibility index (Phi) is 4.52. The highest BCUT2D eigenvalue weighted by molar-refractivity contribution is 5.88. The lowest BCUT2D eigenvalue weighted by Gasteiger charge is -2.13. The molecule has 0 aliphatic rings. The fourth-order valence-electron chi connectivity index (χ4n) is 2.60. The third-order valence-corrected chi connectivity index (χ3v) is 3.81. The molecule has 5 nitrogen and oxygen atoms in total. The van der Waals surface area contributed by atoms with Gasteiger partial charge in [0.25, 0.3) is 0 Å². The molecule has 1 heterocycles. The van der Waals surface area contributed by atoms with Crippen molar-refractivity contribution in [3.05, 3.63) is 47.7 Å². The topological polar surface area (TPSA) is 61.1 Å². The van der Waals surface area contributed by atoms with Crippen LogP contribution in [0.1, 0.15) is 11.1 Å². The van der Waals surface area contributed by atoms with Crippen LogP contribution >= 0.6 is 0 Å². The van der Waals surface area contributed by atoms with Gasteiger partial charge < -0.3 is 23.7 Å². The molecule has 0 spiro atoms. The van der Waals surface area contributed by atoms with E-state index in [1.165, 1.54) is 51.9 Å². The summed E-state index contributed by atoms with van der Waals surface area (Å²) < 4.78 is 35.7. The molecule has 1 aromatic heterocycles. The maximum Gasteiger partial charge on any atom is 0.203 e. The molecule has 25 heavy (non-hydrogen) atoms. The van der Waals surface area contributed by atoms with Gasteiger partial charge in [-0.05, 0) is 42.0 Å². The number of hydrogen-bond donors (Lipinski definition) is 1. The molecule has 130 valence electrons. The molecule has 0 unspecified atom stereocenters. The third kappa shape index (κ3) is 3.10. The molecular formula is C19H17FO5. The second-order valence-electron chi connectivity index (χ2n) is 5.28. The van der Waals surface area contributed by atoms with Crippen LogP contribution in [0.25, 0.3) is 22.9 Å². The minimum atomic E-state index is -0.524. The minimum absolute atomic E-state index is 0.0233. The molecule has 0 radical (unpaired) electrons. The Balaban J connectivity index is 2.06. The van der Waals surface area contributed by atoms with Crippen molar-refractivity contribution in [2.75, 3.05) is 21.3 Å². The van der Waals surface area contributed by atoms with Crippen LogP contribution in [0.4, 0.5) is 4.39 Å². The van der Waals surface area contributed by atoms with Gasteiger partial charge in [-0.25, -0.2) is 4.39 Å². The summed E-state index contributed by atoms with van der Waals surface area (Å²) in [6.07, 6.45) is 2.76. The number of methoxy groups -OCH3 is 3. The Morgan fingerprint density at radius 3 is 2.32 bits per heavy atom. The smallest absolute Gasteiger partial charge is 0.203 e. The van der Waals surface area contributed by atoms with Crippen LogP contribution in [0.3, 0.4) is 0 Å². The van der Waals surface area contributed by atoms with Gasteiger partial charge in [0.05, 0.1) is 33.0 Å². The first kappa shape index (κ1) is 16.7. The van der Waals surface area contributed by atoms with Gasteiger partial charge in [-0.2, -0.15) is 0 Å². The summed E-state index contributed by atoms with van der Waals surface area (Å²) >= 11 is 0. The average Bonchev–Trinajstić information content (AvgIpc) is 3.09. The molecule has 3 aromatic rings. The van der Waals surface area contributed by atoms with Gasteiger partial charge in [0.1, 0.15) is 17.2 Å². The van der Waals surface area contributed by atoms with Gasteiger partial charge in [-0.1, -0.05) is 0 Å². The zero-order chi connectivity index (χ0) is 18.0. The molecule has 0 aliphatic carbocycles. The predicted octanol–water partition coefficient (Wildman–Crippen LogP) is 4.63. The average molecular weight is 344 g/mol. The lowest BCUT2D eigenvalue weighted by Crippen LogP contribution is -1.96. The molecule has 0 aliphatic heterocycles. The van der Waals surface area contributed by atoms with Crippen molar-refractivity contribution in [2.24, 2.45) is 0 Å². The molecule has 0 bridgehead atoms. The van der Waals surface area contributed by atoms with E-state index < -0.39 is 5.83 Å². The molecule has 2 aromatic carbocycles. The summed E-state index contributed by atoms with van der Waals surface area (Å²) in [4.78, 5) is 0. The number of fused-ring (bicyclic) bond motifs is 1. The van der Waals surface area contributed by atoms with Crippen LogP contribution in [0.5, 0.6) is 23.0 Å². The van der Waals surface area contributed by atoms with E-state index in [-0.39, 0.29) is 11.3 Å². The number of phenols is 1. The highest BCUT2D eigenvalue weighted by Gasteiger charge is 2.15. The maximum absolute atomic E-state index is 14.7. The Bertz CT molecular complexity index is 917. The number of halogens is 1. The third-order valence-electron chi connectivity index (χ3n) is 3.81. The molecule has 6 heteroatoms. The first-order valence-corrected chi connectivity index (χ1v) is 7.45. The molecule has 0 saturated heterocycles. The summed E-state index contributed by atoms with van der Waals surface area (Å²) in [6, 6.07) is 7.78. The fourth-order valence-corrected chi connectivity index (χ4v) is 2.60. The fraction of sp³-hybridized carbons (Fsp3) is 0.158. The first-order valence-electron chi connectivity index (χ1n) is 7.45. The van der Waals surface area contributed by atoms with Crippen molar-refractivity contribution in [1.82, 2.24) is 0 Å². The summed E-state index contributed by atoms with van der Waals surface area (Å²) in [5.74, 6) is 0.588. The first-order chi connectivity index (χ1) is 12.1. The van der Waals surface area contributed by atoms with E-state index in [2.05, 4.69) is 0 Å². The van der Waals surface area contributed by atoms with Crippen LogP contribution < -0.4 is 14.2 Å². The van der Waals surface area contributed by atoms with E-state index in [4.69, 9.17) is 18.6 Å². The standard InChI is InChI=1S/C19H17FO5/c1-22-17-9-12(10-18(23-2)19(17)24-3)14(20)6-11-7-15(21)13-4-5-25-16(13)8-11/h4-10,21H,1-3H3/b14-6-. The highest BCUT2D eigenvalue weighted by atomic mass is 19.1. The molecule has 0 saturated carbocycles. The van der Waals surface area contributed by atoms with Crippen LogP contribution in [-0.2, 0) is 0 Å². The lowest BCUT2D eigenvalue weighted by atomic mass is 10.1. The highest BCUT2D eigenvalue weighted by Crippen LogP contribution is 2.40. The normalized spacial score (nSPS) is 11.6. The minimum Gasteiger partial charge on any atom is -0.507 e. The van der Waals surface area contributed by atoms with Gasteiger partial charge in [-0.3, -0.25) is 0 Å². The monoisotopic (exact) mass is 344 g/mol. The number of ether oxygens (including phenoxy) is 3. The summed E-state index contributed by atoms with van der Waals surface area (Å²) in [6.45, 7) is 0. The SMILES string of the molecule is COc1cc(/C(F)=C/c2cc(O)c3ccoc3c2)cc(OC)c1OC. The van der Waals surface area contributed by atoms with Crippen molar-refractivity contribution in [3.8, 4) is 23.0 Å². The Labute approximate surface area is 143 Å². The molecule has 0 atom stereocenters. The van der Waals surface area contributed by atoms with Crippen molar-refractivity contribution < 1.29 is 28.1 Å². The van der Waals surface area contributed by atoms with Gasteiger partial charge in [-0.15, -0.1) is 0 Å². The van der Waals surface area contributed by atoms with E-state index >= 15 is 0 Å². The molecular weight excluding hydrogens is 327 g/mol. The van der Waals surface area contributed by atoms with Crippen molar-refractivity contribution >= 4 is 22.9 Å². The van der Waals surface area contributed by atoms with Crippen LogP contribution in [0.15, 0.2) is 41.0 Å². The Morgan fingerprint density at radius 2 is 1.72 bits per heavy atom. The van der Waals surface area contributed by atoms with Crippen LogP contribution in [-0.4, -0.2) is 26.4 Å². The molecule has 0 fully saturated rings. The van der Waals surface area contributed by atoms with Crippen LogP contribution in [0.2, 0.25) is 0 Å². The van der Waals surface area contributed by atoms with E-state index in [0.717, 1.165) is 0 Å². The number of rotatable bonds is 5. The number of benzene rings is 2. The largest absolute Gasteiger partial charge is 0.507 e. The summed E-state index contributed by atoms with van der Waals surface area (Å²) in [5, 5.41) is 10.6. The maximum atomic E-state index is 14.7. The zero-order valence-corrected chi connectivity index (χ0v) is 14.0. The second kappa shape index (κ2) is 6.76. The van der Waals surface area contributed by atoms with Gasteiger partial charge in [0.15, 0.2) is 11.5 Å². The van der Waals surface area contributed by atoms with E-state index in [9.17, 15) is 9.50 Å². The summed E-state index contributed by atoms with van der Waals surface area (Å²) in [5.41, 5.74) is 1.20. The quantitative estimate of drug-likeness (QED) is 0.684. The van der Waals surface area contributed by atoms with Crippen molar-refractivity contribution in [1.29, 1.82) is 0 Å². The van der Waals surface area contributed by atoms with Crippen LogP contribution in [0, 0.1) is 0 Å². The van der Waals surface area contributed by atoms with Gasteiger partial charge in [0, 0.05) is 5.56 Å². The van der Waals surface area contributed by atoms with E-state index in [1.54, 1.807) is 12.1 Å². The Morgan fingerprint density at radius 1 is 1.04 bits per heavy atom. The predicted molar refractivity (Wildman–Crippen MR) is 93.0 cm³/mol. The van der Waals surface area contributed by atoms with E-state index in [1.807, 2.05) is 0 Å². The van der Waals surface area contributed by atoms with Gasteiger partial charge in [0.2, 0.25) is 5.75 Å². The molecule has 3 rings (SSSR count). The van der Waals surface area contributed by atoms with Crippen molar-refractivity contribution in [2.45, 2.75) is 0 Å². The second-order valence-corrected chi connectivity index (χ2v) is 5.28. The number of furan rings is 1.